The number of anilines is 1. The van der Waals surface area contributed by atoms with E-state index in [0.29, 0.717) is 61.9 Å². The first kappa shape index (κ1) is 31.3. The summed E-state index contributed by atoms with van der Waals surface area (Å²) < 4.78 is 37.1. The van der Waals surface area contributed by atoms with Crippen molar-refractivity contribution in [2.75, 3.05) is 37.7 Å². The van der Waals surface area contributed by atoms with Crippen molar-refractivity contribution in [3.63, 3.8) is 0 Å². The summed E-state index contributed by atoms with van der Waals surface area (Å²) in [5.74, 6) is 0.707. The molecule has 0 bridgehead atoms. The van der Waals surface area contributed by atoms with Crippen LogP contribution in [-0.4, -0.2) is 61.0 Å². The summed E-state index contributed by atoms with van der Waals surface area (Å²) in [6, 6.07) is 17.3. The Kier molecular flexibility index (Phi) is 9.15. The van der Waals surface area contributed by atoms with E-state index >= 15 is 0 Å². The SMILES string of the molecule is CCOc1cc(CN2CCC3(CC2)CN(c2ccc(C(=O)OC(C)(C)C)cc2)C(=O)O3)cc(OCC)c1-c1ccc(F)cc1. The number of carbonyl (C=O) groups is 2. The number of likely N-dealkylation sites (tertiary alicyclic amines) is 1. The molecule has 1 spiro atoms. The van der Waals surface area contributed by atoms with E-state index in [4.69, 9.17) is 18.9 Å². The summed E-state index contributed by atoms with van der Waals surface area (Å²) in [5.41, 5.74) is 2.68. The minimum Gasteiger partial charge on any atom is -0.493 e. The van der Waals surface area contributed by atoms with Crippen LogP contribution in [0.15, 0.2) is 60.7 Å². The van der Waals surface area contributed by atoms with Crippen LogP contribution in [0, 0.1) is 5.82 Å². The summed E-state index contributed by atoms with van der Waals surface area (Å²) in [6.45, 7) is 13.0. The van der Waals surface area contributed by atoms with Crippen LogP contribution in [0.2, 0.25) is 0 Å². The molecule has 5 rings (SSSR count). The normalized spacial score (nSPS) is 16.6. The molecular formula is C35H41FN2O6. The number of carbonyl (C=O) groups excluding carboxylic acids is 2. The van der Waals surface area contributed by atoms with Crippen LogP contribution in [0.25, 0.3) is 11.1 Å². The molecule has 44 heavy (non-hydrogen) atoms. The average Bonchev–Trinajstić information content (AvgIpc) is 3.30. The van der Waals surface area contributed by atoms with E-state index in [9.17, 15) is 14.0 Å². The topological polar surface area (TPSA) is 77.5 Å². The van der Waals surface area contributed by atoms with Crippen LogP contribution in [0.3, 0.4) is 0 Å². The van der Waals surface area contributed by atoms with E-state index in [1.54, 1.807) is 41.3 Å². The highest BCUT2D eigenvalue weighted by molar-refractivity contribution is 5.93. The lowest BCUT2D eigenvalue weighted by Crippen LogP contribution is -2.46. The van der Waals surface area contributed by atoms with E-state index < -0.39 is 17.2 Å². The van der Waals surface area contributed by atoms with Gasteiger partial charge >= 0.3 is 12.1 Å². The molecule has 0 aliphatic carbocycles. The van der Waals surface area contributed by atoms with Crippen LogP contribution in [0.4, 0.5) is 14.9 Å². The highest BCUT2D eigenvalue weighted by Gasteiger charge is 2.47. The van der Waals surface area contributed by atoms with Gasteiger partial charge in [0.15, 0.2) is 0 Å². The monoisotopic (exact) mass is 604 g/mol. The number of hydrogen-bond acceptors (Lipinski definition) is 7. The number of hydrogen-bond donors (Lipinski definition) is 0. The van der Waals surface area contributed by atoms with Crippen LogP contribution in [0.1, 0.15) is 63.4 Å². The third kappa shape index (κ3) is 7.16. The second kappa shape index (κ2) is 12.9. The Hall–Kier alpha value is -4.11. The Bertz CT molecular complexity index is 1450. The van der Waals surface area contributed by atoms with Crippen molar-refractivity contribution in [2.45, 2.75) is 65.2 Å². The zero-order valence-electron chi connectivity index (χ0n) is 26.2. The lowest BCUT2D eigenvalue weighted by atomic mass is 9.91. The van der Waals surface area contributed by atoms with E-state index in [1.807, 2.05) is 46.8 Å². The third-order valence-corrected chi connectivity index (χ3v) is 7.82. The van der Waals surface area contributed by atoms with E-state index in [2.05, 4.69) is 4.90 Å². The maximum atomic E-state index is 13.6. The van der Waals surface area contributed by atoms with Gasteiger partial charge < -0.3 is 18.9 Å². The lowest BCUT2D eigenvalue weighted by Gasteiger charge is -2.37. The molecule has 0 N–H and O–H groups in total. The highest BCUT2D eigenvalue weighted by atomic mass is 19.1. The minimum absolute atomic E-state index is 0.295. The van der Waals surface area contributed by atoms with E-state index in [0.717, 1.165) is 29.8 Å². The second-order valence-corrected chi connectivity index (χ2v) is 12.3. The number of esters is 1. The molecule has 0 aromatic heterocycles. The predicted molar refractivity (Wildman–Crippen MR) is 167 cm³/mol. The van der Waals surface area contributed by atoms with E-state index in [1.165, 1.54) is 12.1 Å². The predicted octanol–water partition coefficient (Wildman–Crippen LogP) is 7.24. The number of halogens is 1. The largest absolute Gasteiger partial charge is 0.493 e. The first-order valence-electron chi connectivity index (χ1n) is 15.2. The lowest BCUT2D eigenvalue weighted by molar-refractivity contribution is -0.00108. The molecular weight excluding hydrogens is 563 g/mol. The van der Waals surface area contributed by atoms with Crippen molar-refractivity contribution in [2.24, 2.45) is 0 Å². The number of amides is 1. The van der Waals surface area contributed by atoms with Gasteiger partial charge in [-0.15, -0.1) is 0 Å². The van der Waals surface area contributed by atoms with Crippen LogP contribution in [0.5, 0.6) is 11.5 Å². The van der Waals surface area contributed by atoms with Crippen molar-refractivity contribution < 1.29 is 32.9 Å². The first-order valence-corrected chi connectivity index (χ1v) is 15.2. The number of piperidine rings is 1. The van der Waals surface area contributed by atoms with Crippen molar-refractivity contribution in [1.29, 1.82) is 0 Å². The summed E-state index contributed by atoms with van der Waals surface area (Å²) in [6.07, 6.45) is 1.04. The van der Waals surface area contributed by atoms with Gasteiger partial charge in [0, 0.05) is 38.2 Å². The number of rotatable bonds is 9. The summed E-state index contributed by atoms with van der Waals surface area (Å²) in [5, 5.41) is 0. The molecule has 2 aliphatic heterocycles. The fraction of sp³-hybridized carbons (Fsp3) is 0.429. The number of ether oxygens (including phenoxy) is 4. The van der Waals surface area contributed by atoms with Crippen LogP contribution in [-0.2, 0) is 16.0 Å². The smallest absolute Gasteiger partial charge is 0.415 e. The molecule has 2 heterocycles. The molecule has 1 amide bonds. The molecule has 0 atom stereocenters. The molecule has 0 unspecified atom stereocenters. The Morgan fingerprint density at radius 3 is 2.07 bits per heavy atom. The zero-order chi connectivity index (χ0) is 31.5. The molecule has 8 nitrogen and oxygen atoms in total. The molecule has 0 saturated carbocycles. The van der Waals surface area contributed by atoms with Gasteiger partial charge in [0.05, 0.1) is 30.9 Å². The van der Waals surface area contributed by atoms with E-state index in [-0.39, 0.29) is 11.9 Å². The summed E-state index contributed by atoms with van der Waals surface area (Å²) >= 11 is 0. The quantitative estimate of drug-likeness (QED) is 0.238. The fourth-order valence-corrected chi connectivity index (χ4v) is 5.75. The standard InChI is InChI=1S/C35H41FN2O6/c1-6-41-29-20-24(21-30(42-7-2)31(29)25-8-12-27(36)13-9-25)22-37-18-16-35(17-19-37)23-38(33(40)44-35)28-14-10-26(11-15-28)32(39)43-34(3,4)5/h8-15,20-21H,6-7,16-19,22-23H2,1-5H3. The second-order valence-electron chi connectivity index (χ2n) is 12.3. The fourth-order valence-electron chi connectivity index (χ4n) is 5.75. The third-order valence-electron chi connectivity index (χ3n) is 7.82. The van der Waals surface area contributed by atoms with Crippen molar-refractivity contribution in [3.8, 4) is 22.6 Å². The van der Waals surface area contributed by atoms with Crippen LogP contribution >= 0.6 is 0 Å². The van der Waals surface area contributed by atoms with Gasteiger partial charge in [-0.2, -0.15) is 0 Å². The first-order chi connectivity index (χ1) is 21.0. The molecule has 9 heteroatoms. The van der Waals surface area contributed by atoms with Gasteiger partial charge in [-0.05, 0) is 94.3 Å². The molecule has 2 fully saturated rings. The summed E-state index contributed by atoms with van der Waals surface area (Å²) in [7, 11) is 0. The molecule has 3 aromatic carbocycles. The Morgan fingerprint density at radius 2 is 1.52 bits per heavy atom. The average molecular weight is 605 g/mol. The molecule has 2 saturated heterocycles. The van der Waals surface area contributed by atoms with Gasteiger partial charge in [-0.3, -0.25) is 9.80 Å². The minimum atomic E-state index is -0.583. The Morgan fingerprint density at radius 1 is 0.932 bits per heavy atom. The van der Waals surface area contributed by atoms with Crippen LogP contribution < -0.4 is 14.4 Å². The maximum Gasteiger partial charge on any atom is 0.415 e. The zero-order valence-corrected chi connectivity index (χ0v) is 26.2. The van der Waals surface area contributed by atoms with Gasteiger partial charge in [0.25, 0.3) is 0 Å². The molecule has 234 valence electrons. The number of benzene rings is 3. The van der Waals surface area contributed by atoms with Gasteiger partial charge in [-0.25, -0.2) is 14.0 Å². The highest BCUT2D eigenvalue weighted by Crippen LogP contribution is 2.41. The summed E-state index contributed by atoms with van der Waals surface area (Å²) in [4.78, 5) is 29.3. The van der Waals surface area contributed by atoms with Crippen molar-refractivity contribution in [3.05, 3.63) is 77.6 Å². The van der Waals surface area contributed by atoms with Gasteiger partial charge in [0.1, 0.15) is 28.5 Å². The molecule has 0 radical (unpaired) electrons. The maximum absolute atomic E-state index is 13.6. The van der Waals surface area contributed by atoms with Gasteiger partial charge in [0.2, 0.25) is 0 Å². The molecule has 2 aliphatic rings. The number of nitrogens with zero attached hydrogens (tertiary/aromatic N) is 2. The Balaban J connectivity index is 1.25. The van der Waals surface area contributed by atoms with Gasteiger partial charge in [-0.1, -0.05) is 12.1 Å². The van der Waals surface area contributed by atoms with Crippen molar-refractivity contribution in [1.82, 2.24) is 4.90 Å². The Labute approximate surface area is 258 Å². The molecule has 3 aromatic rings. The van der Waals surface area contributed by atoms with Crippen molar-refractivity contribution >= 4 is 17.7 Å².